The molecule has 26 heavy (non-hydrogen) atoms. The first-order chi connectivity index (χ1) is 12.5. The second-order valence-corrected chi connectivity index (χ2v) is 13.3. The normalized spacial score (nSPS) is 16.1. The van der Waals surface area contributed by atoms with E-state index in [1.807, 2.05) is 0 Å². The lowest BCUT2D eigenvalue weighted by atomic mass is 10.0. The number of hydrogen-bond donors (Lipinski definition) is 2. The lowest BCUT2D eigenvalue weighted by Gasteiger charge is -2.24. The third-order valence-corrected chi connectivity index (χ3v) is 7.10. The summed E-state index contributed by atoms with van der Waals surface area (Å²) < 4.78 is 5.51. The van der Waals surface area contributed by atoms with Crippen LogP contribution < -0.4 is 10.6 Å². The molecule has 3 nitrogen and oxygen atoms in total. The van der Waals surface area contributed by atoms with Crippen molar-refractivity contribution in [3.05, 3.63) is 48.5 Å². The highest BCUT2D eigenvalue weighted by molar-refractivity contribution is 6.89. The zero-order valence-electron chi connectivity index (χ0n) is 15.9. The van der Waals surface area contributed by atoms with Gasteiger partial charge < -0.3 is 15.0 Å². The molecule has 0 amide bonds. The van der Waals surface area contributed by atoms with Gasteiger partial charge in [-0.25, -0.2) is 0 Å². The molecular formula is C22H28N2OSi. The molecule has 1 fully saturated rings. The Hall–Kier alpha value is -2.04. The fourth-order valence-electron chi connectivity index (χ4n) is 3.87. The lowest BCUT2D eigenvalue weighted by Crippen LogP contribution is -2.39. The van der Waals surface area contributed by atoms with Gasteiger partial charge in [0.05, 0.1) is 19.3 Å². The molecule has 2 N–H and O–H groups in total. The number of para-hydroxylation sites is 1. The number of fused-ring (bicyclic) bond motifs is 1. The standard InChI is InChI=1S/C22H28N2OSi/c1-26(2,3)22-20(16-8-5-4-6-9-16)18-10-7-11-19(21(18)24-22)23-17-12-14-25-15-13-17/h4-11,17,23-24H,12-15H2,1-3H3. The van der Waals surface area contributed by atoms with E-state index in [0.717, 1.165) is 26.1 Å². The van der Waals surface area contributed by atoms with Gasteiger partial charge in [-0.1, -0.05) is 62.1 Å². The molecule has 0 bridgehead atoms. The Labute approximate surface area is 156 Å². The fourth-order valence-corrected chi connectivity index (χ4v) is 5.40. The molecule has 4 heteroatoms. The molecule has 2 aromatic carbocycles. The predicted molar refractivity (Wildman–Crippen MR) is 114 cm³/mol. The van der Waals surface area contributed by atoms with E-state index < -0.39 is 8.07 Å². The van der Waals surface area contributed by atoms with Crippen molar-refractivity contribution in [3.63, 3.8) is 0 Å². The molecular weight excluding hydrogens is 336 g/mol. The highest BCUT2D eigenvalue weighted by Crippen LogP contribution is 2.33. The van der Waals surface area contributed by atoms with Gasteiger partial charge in [0.2, 0.25) is 0 Å². The molecule has 3 aromatic rings. The summed E-state index contributed by atoms with van der Waals surface area (Å²) in [6.45, 7) is 8.95. The van der Waals surface area contributed by atoms with Gasteiger partial charge in [-0.3, -0.25) is 0 Å². The maximum absolute atomic E-state index is 5.51. The van der Waals surface area contributed by atoms with Crippen molar-refractivity contribution in [1.82, 2.24) is 4.98 Å². The number of H-pyrrole nitrogens is 1. The molecule has 0 spiro atoms. The van der Waals surface area contributed by atoms with E-state index in [1.54, 1.807) is 0 Å². The van der Waals surface area contributed by atoms with E-state index in [1.165, 1.54) is 33.0 Å². The Morgan fingerprint density at radius 3 is 2.38 bits per heavy atom. The van der Waals surface area contributed by atoms with Gasteiger partial charge in [-0.15, -0.1) is 0 Å². The van der Waals surface area contributed by atoms with Crippen LogP contribution in [0.1, 0.15) is 12.8 Å². The third kappa shape index (κ3) is 3.31. The molecule has 0 radical (unpaired) electrons. The molecule has 0 aliphatic carbocycles. The highest BCUT2D eigenvalue weighted by atomic mass is 28.3. The number of anilines is 1. The second-order valence-electron chi connectivity index (χ2n) is 8.25. The van der Waals surface area contributed by atoms with Crippen molar-refractivity contribution in [2.45, 2.75) is 38.5 Å². The Kier molecular flexibility index (Phi) is 4.63. The lowest BCUT2D eigenvalue weighted by molar-refractivity contribution is 0.0905. The number of benzene rings is 2. The molecule has 2 heterocycles. The van der Waals surface area contributed by atoms with E-state index in [4.69, 9.17) is 4.74 Å². The summed E-state index contributed by atoms with van der Waals surface area (Å²) in [6, 6.07) is 17.9. The van der Waals surface area contributed by atoms with Crippen LogP contribution in [0, 0.1) is 0 Å². The fraction of sp³-hybridized carbons (Fsp3) is 0.364. The number of rotatable bonds is 4. The quantitative estimate of drug-likeness (QED) is 0.641. The van der Waals surface area contributed by atoms with Crippen molar-refractivity contribution in [2.75, 3.05) is 18.5 Å². The Morgan fingerprint density at radius 2 is 1.69 bits per heavy atom. The molecule has 1 aliphatic heterocycles. The molecule has 0 unspecified atom stereocenters. The first-order valence-corrected chi connectivity index (χ1v) is 13.1. The number of aromatic amines is 1. The number of nitrogens with one attached hydrogen (secondary N) is 2. The first kappa shape index (κ1) is 17.4. The van der Waals surface area contributed by atoms with Crippen molar-refractivity contribution in [1.29, 1.82) is 0 Å². The average molecular weight is 365 g/mol. The smallest absolute Gasteiger partial charge is 0.0990 e. The maximum Gasteiger partial charge on any atom is 0.0990 e. The summed E-state index contributed by atoms with van der Waals surface area (Å²) in [7, 11) is -1.52. The average Bonchev–Trinajstić information content (AvgIpc) is 3.04. The van der Waals surface area contributed by atoms with Crippen molar-refractivity contribution < 1.29 is 4.74 Å². The van der Waals surface area contributed by atoms with Crippen LogP contribution in [0.2, 0.25) is 19.6 Å². The minimum absolute atomic E-state index is 0.494. The van der Waals surface area contributed by atoms with E-state index >= 15 is 0 Å². The molecule has 1 aliphatic rings. The zero-order valence-corrected chi connectivity index (χ0v) is 16.9. The van der Waals surface area contributed by atoms with Gasteiger partial charge in [0.25, 0.3) is 0 Å². The van der Waals surface area contributed by atoms with Crippen LogP contribution in [0.3, 0.4) is 0 Å². The summed E-state index contributed by atoms with van der Waals surface area (Å²) in [5, 5.41) is 6.53. The van der Waals surface area contributed by atoms with Crippen molar-refractivity contribution in [2.24, 2.45) is 0 Å². The van der Waals surface area contributed by atoms with Gasteiger partial charge in [0, 0.05) is 35.5 Å². The van der Waals surface area contributed by atoms with E-state index in [-0.39, 0.29) is 0 Å². The van der Waals surface area contributed by atoms with E-state index in [0.29, 0.717) is 6.04 Å². The highest BCUT2D eigenvalue weighted by Gasteiger charge is 2.26. The maximum atomic E-state index is 5.51. The minimum Gasteiger partial charge on any atom is -0.381 e. The number of ether oxygens (including phenoxy) is 1. The number of aromatic nitrogens is 1. The molecule has 136 valence electrons. The van der Waals surface area contributed by atoms with Gasteiger partial charge in [0.1, 0.15) is 0 Å². The largest absolute Gasteiger partial charge is 0.381 e. The van der Waals surface area contributed by atoms with Crippen LogP contribution in [0.15, 0.2) is 48.5 Å². The molecule has 4 rings (SSSR count). The minimum atomic E-state index is -1.52. The summed E-state index contributed by atoms with van der Waals surface area (Å²) in [4.78, 5) is 3.83. The Bertz CT molecular complexity index is 890. The molecule has 1 saturated heterocycles. The van der Waals surface area contributed by atoms with Crippen LogP contribution in [0.25, 0.3) is 22.0 Å². The van der Waals surface area contributed by atoms with Gasteiger partial charge in [-0.05, 0) is 24.5 Å². The Morgan fingerprint density at radius 1 is 0.962 bits per heavy atom. The second kappa shape index (κ2) is 6.93. The summed E-state index contributed by atoms with van der Waals surface area (Å²) in [6.07, 6.45) is 2.15. The summed E-state index contributed by atoms with van der Waals surface area (Å²) in [5.74, 6) is 0. The van der Waals surface area contributed by atoms with E-state index in [9.17, 15) is 0 Å². The molecule has 0 saturated carbocycles. The number of hydrogen-bond acceptors (Lipinski definition) is 2. The van der Waals surface area contributed by atoms with Crippen LogP contribution in [0.5, 0.6) is 0 Å². The van der Waals surface area contributed by atoms with Gasteiger partial charge in [-0.2, -0.15) is 0 Å². The third-order valence-electron chi connectivity index (χ3n) is 5.23. The van der Waals surface area contributed by atoms with Crippen LogP contribution in [-0.4, -0.2) is 32.3 Å². The summed E-state index contributed by atoms with van der Waals surface area (Å²) in [5.41, 5.74) is 5.15. The SMILES string of the molecule is C[Si](C)(C)c1[nH]c2c(NC3CCOCC3)cccc2c1-c1ccccc1. The van der Waals surface area contributed by atoms with Crippen LogP contribution in [0.4, 0.5) is 5.69 Å². The van der Waals surface area contributed by atoms with Crippen molar-refractivity contribution in [3.8, 4) is 11.1 Å². The molecule has 1 aromatic heterocycles. The van der Waals surface area contributed by atoms with Gasteiger partial charge >= 0.3 is 0 Å². The predicted octanol–water partition coefficient (Wildman–Crippen LogP) is 4.97. The van der Waals surface area contributed by atoms with Crippen LogP contribution in [-0.2, 0) is 4.74 Å². The van der Waals surface area contributed by atoms with E-state index in [2.05, 4.69) is 78.5 Å². The first-order valence-electron chi connectivity index (χ1n) is 9.59. The van der Waals surface area contributed by atoms with Crippen molar-refractivity contribution >= 4 is 30.0 Å². The zero-order chi connectivity index (χ0) is 18.1. The summed E-state index contributed by atoms with van der Waals surface area (Å²) >= 11 is 0. The monoisotopic (exact) mass is 364 g/mol. The topological polar surface area (TPSA) is 37.0 Å². The van der Waals surface area contributed by atoms with Crippen LogP contribution >= 0.6 is 0 Å². The Balaban J connectivity index is 1.85. The van der Waals surface area contributed by atoms with Gasteiger partial charge in [0.15, 0.2) is 0 Å². The molecule has 0 atom stereocenters.